The highest BCUT2D eigenvalue weighted by atomic mass is 32.2. The minimum atomic E-state index is 1.19. The maximum absolute atomic E-state index is 2.25. The summed E-state index contributed by atoms with van der Waals surface area (Å²) in [7, 11) is 0. The van der Waals surface area contributed by atoms with Gasteiger partial charge in [0.05, 0.1) is 0 Å². The van der Waals surface area contributed by atoms with Crippen LogP contribution in [0.1, 0.15) is 25.8 Å². The Morgan fingerprint density at radius 2 is 1.92 bits per heavy atom. The van der Waals surface area contributed by atoms with Gasteiger partial charge in [0.1, 0.15) is 0 Å². The quantitative estimate of drug-likeness (QED) is 0.593. The van der Waals surface area contributed by atoms with Crippen molar-refractivity contribution >= 4 is 17.8 Å². The molecule has 0 bridgehead atoms. The fraction of sp³-hybridized carbons (Fsp3) is 0.333. The highest BCUT2D eigenvalue weighted by Gasteiger charge is 2.00. The third-order valence-corrected chi connectivity index (χ3v) is 2.88. The van der Waals surface area contributed by atoms with Crippen molar-refractivity contribution in [3.05, 3.63) is 35.9 Å². The van der Waals surface area contributed by atoms with Crippen LogP contribution in [0.3, 0.4) is 0 Å². The molecule has 0 radical (unpaired) electrons. The SMILES string of the molecule is C1=Cc2ccccc2SCC1.CC. The number of hydrogen-bond acceptors (Lipinski definition) is 1. The predicted octanol–water partition coefficient (Wildman–Crippen LogP) is 4.22. The number of benzene rings is 1. The second-order valence-electron chi connectivity index (χ2n) is 2.58. The molecule has 0 aromatic heterocycles. The molecule has 0 spiro atoms. The maximum Gasteiger partial charge on any atom is 0.0144 e. The molecule has 1 aliphatic heterocycles. The lowest BCUT2D eigenvalue weighted by Gasteiger charge is -2.00. The average molecular weight is 192 g/mol. The van der Waals surface area contributed by atoms with Gasteiger partial charge in [-0.1, -0.05) is 44.2 Å². The highest BCUT2D eigenvalue weighted by molar-refractivity contribution is 7.99. The van der Waals surface area contributed by atoms with Gasteiger partial charge in [0.15, 0.2) is 0 Å². The van der Waals surface area contributed by atoms with E-state index in [1.54, 1.807) is 0 Å². The van der Waals surface area contributed by atoms with Crippen molar-refractivity contribution in [2.24, 2.45) is 0 Å². The van der Waals surface area contributed by atoms with Gasteiger partial charge >= 0.3 is 0 Å². The molecule has 13 heavy (non-hydrogen) atoms. The number of allylic oxidation sites excluding steroid dienone is 1. The standard InChI is InChI=1S/C10H10S.C2H6/c1-2-7-10-9(5-1)6-3-4-8-11-10;1-2/h1-3,5-7H,4,8H2;1-2H3. The minimum Gasteiger partial charge on any atom is -0.125 e. The maximum atomic E-state index is 2.25. The van der Waals surface area contributed by atoms with Crippen molar-refractivity contribution in [3.63, 3.8) is 0 Å². The molecule has 1 heterocycles. The van der Waals surface area contributed by atoms with Gasteiger partial charge in [-0.05, 0) is 18.1 Å². The number of hydrogen-bond donors (Lipinski definition) is 0. The van der Waals surface area contributed by atoms with Crippen molar-refractivity contribution < 1.29 is 0 Å². The Bertz CT molecular complexity index is 276. The van der Waals surface area contributed by atoms with Crippen LogP contribution >= 0.6 is 11.8 Å². The molecule has 0 atom stereocenters. The van der Waals surface area contributed by atoms with Gasteiger partial charge in [-0.25, -0.2) is 0 Å². The van der Waals surface area contributed by atoms with Crippen LogP contribution in [0.4, 0.5) is 0 Å². The Morgan fingerprint density at radius 1 is 1.15 bits per heavy atom. The summed E-state index contributed by atoms with van der Waals surface area (Å²) in [5.41, 5.74) is 1.37. The van der Waals surface area contributed by atoms with E-state index < -0.39 is 0 Å². The van der Waals surface area contributed by atoms with E-state index in [9.17, 15) is 0 Å². The summed E-state index contributed by atoms with van der Waals surface area (Å²) in [5.74, 6) is 1.22. The molecule has 1 aromatic rings. The van der Waals surface area contributed by atoms with Crippen LogP contribution in [0.25, 0.3) is 6.08 Å². The second-order valence-corrected chi connectivity index (χ2v) is 3.71. The van der Waals surface area contributed by atoms with Gasteiger partial charge in [0.2, 0.25) is 0 Å². The van der Waals surface area contributed by atoms with E-state index >= 15 is 0 Å². The molecule has 1 heteroatoms. The largest absolute Gasteiger partial charge is 0.125 e. The molecule has 0 N–H and O–H groups in total. The van der Waals surface area contributed by atoms with E-state index in [1.807, 2.05) is 25.6 Å². The lowest BCUT2D eigenvalue weighted by Crippen LogP contribution is -1.76. The molecule has 2 rings (SSSR count). The predicted molar refractivity (Wildman–Crippen MR) is 62.2 cm³/mol. The van der Waals surface area contributed by atoms with Gasteiger partial charge in [0.25, 0.3) is 0 Å². The van der Waals surface area contributed by atoms with Gasteiger partial charge in [-0.3, -0.25) is 0 Å². The van der Waals surface area contributed by atoms with Crippen LogP contribution in [0.15, 0.2) is 35.2 Å². The fourth-order valence-corrected chi connectivity index (χ4v) is 2.15. The molecular weight excluding hydrogens is 176 g/mol. The topological polar surface area (TPSA) is 0 Å². The Labute approximate surface area is 85.1 Å². The molecule has 0 nitrogen and oxygen atoms in total. The van der Waals surface area contributed by atoms with E-state index in [1.165, 1.54) is 22.6 Å². The molecule has 0 unspecified atom stereocenters. The molecule has 0 saturated heterocycles. The van der Waals surface area contributed by atoms with Crippen molar-refractivity contribution in [1.29, 1.82) is 0 Å². The van der Waals surface area contributed by atoms with Gasteiger partial charge < -0.3 is 0 Å². The zero-order valence-electron chi connectivity index (χ0n) is 8.29. The van der Waals surface area contributed by atoms with E-state index in [4.69, 9.17) is 0 Å². The average Bonchev–Trinajstić information content (AvgIpc) is 2.45. The summed E-state index contributed by atoms with van der Waals surface area (Å²) in [5, 5.41) is 0. The van der Waals surface area contributed by atoms with Crippen LogP contribution in [0.5, 0.6) is 0 Å². The molecule has 0 amide bonds. The van der Waals surface area contributed by atoms with Gasteiger partial charge in [-0.2, -0.15) is 0 Å². The molecular formula is C12H16S. The van der Waals surface area contributed by atoms with Crippen LogP contribution in [0, 0.1) is 0 Å². The Balaban J connectivity index is 0.000000396. The Hall–Kier alpha value is -0.690. The summed E-state index contributed by atoms with van der Waals surface area (Å²) in [6.07, 6.45) is 5.66. The smallest absolute Gasteiger partial charge is 0.0144 e. The van der Waals surface area contributed by atoms with Crippen molar-refractivity contribution in [2.45, 2.75) is 25.2 Å². The van der Waals surface area contributed by atoms with Gasteiger partial charge in [-0.15, -0.1) is 11.8 Å². The highest BCUT2D eigenvalue weighted by Crippen LogP contribution is 2.26. The Kier molecular flexibility index (Phi) is 4.69. The zero-order valence-corrected chi connectivity index (χ0v) is 9.10. The molecule has 0 fully saturated rings. The van der Waals surface area contributed by atoms with E-state index in [0.29, 0.717) is 0 Å². The normalized spacial score (nSPS) is 13.7. The lowest BCUT2D eigenvalue weighted by atomic mass is 10.2. The third kappa shape index (κ3) is 2.92. The molecule has 0 aliphatic carbocycles. The zero-order chi connectivity index (χ0) is 9.52. The summed E-state index contributed by atoms with van der Waals surface area (Å²) in [4.78, 5) is 1.42. The van der Waals surface area contributed by atoms with Crippen LogP contribution in [-0.2, 0) is 0 Å². The molecule has 0 saturated carbocycles. The first kappa shape index (κ1) is 10.4. The third-order valence-electron chi connectivity index (χ3n) is 1.76. The monoisotopic (exact) mass is 192 g/mol. The summed E-state index contributed by atoms with van der Waals surface area (Å²) < 4.78 is 0. The minimum absolute atomic E-state index is 1.19. The summed E-state index contributed by atoms with van der Waals surface area (Å²) >= 11 is 1.95. The molecule has 1 aliphatic rings. The van der Waals surface area contributed by atoms with E-state index in [2.05, 4.69) is 36.4 Å². The van der Waals surface area contributed by atoms with Crippen LogP contribution in [-0.4, -0.2) is 5.75 Å². The fourth-order valence-electron chi connectivity index (χ4n) is 1.20. The van der Waals surface area contributed by atoms with Crippen molar-refractivity contribution in [1.82, 2.24) is 0 Å². The molecule has 70 valence electrons. The van der Waals surface area contributed by atoms with Crippen LogP contribution in [0.2, 0.25) is 0 Å². The van der Waals surface area contributed by atoms with Gasteiger partial charge in [0, 0.05) is 10.6 Å². The number of fused-ring (bicyclic) bond motifs is 1. The van der Waals surface area contributed by atoms with E-state index in [0.717, 1.165) is 0 Å². The van der Waals surface area contributed by atoms with E-state index in [-0.39, 0.29) is 0 Å². The molecule has 1 aromatic carbocycles. The van der Waals surface area contributed by atoms with Crippen molar-refractivity contribution in [2.75, 3.05) is 5.75 Å². The first-order valence-electron chi connectivity index (χ1n) is 4.85. The summed E-state index contributed by atoms with van der Waals surface area (Å²) in [6, 6.07) is 8.56. The van der Waals surface area contributed by atoms with Crippen molar-refractivity contribution in [3.8, 4) is 0 Å². The number of rotatable bonds is 0. The first-order chi connectivity index (χ1) is 6.47. The lowest BCUT2D eigenvalue weighted by molar-refractivity contribution is 1.26. The Morgan fingerprint density at radius 3 is 2.77 bits per heavy atom. The van der Waals surface area contributed by atoms with Crippen LogP contribution < -0.4 is 0 Å². The summed E-state index contributed by atoms with van der Waals surface area (Å²) in [6.45, 7) is 4.00. The number of thioether (sulfide) groups is 1. The first-order valence-corrected chi connectivity index (χ1v) is 5.84. The second kappa shape index (κ2) is 5.87.